The molecule has 28 heavy (non-hydrogen) atoms. The zero-order valence-corrected chi connectivity index (χ0v) is 17.4. The average Bonchev–Trinajstić information content (AvgIpc) is 2.98. The summed E-state index contributed by atoms with van der Waals surface area (Å²) in [4.78, 5) is 33.4. The van der Waals surface area contributed by atoms with E-state index in [1.165, 1.54) is 24.3 Å². The number of thiazole rings is 1. The summed E-state index contributed by atoms with van der Waals surface area (Å²) < 4.78 is 14.4. The molecule has 1 aliphatic heterocycles. The van der Waals surface area contributed by atoms with Crippen LogP contribution in [0.4, 0.5) is 15.2 Å². The van der Waals surface area contributed by atoms with Crippen LogP contribution in [-0.2, 0) is 4.79 Å². The minimum Gasteiger partial charge on any atom is -0.367 e. The lowest BCUT2D eigenvalue weighted by Gasteiger charge is -2.38. The summed E-state index contributed by atoms with van der Waals surface area (Å²) in [5, 5.41) is 3.51. The predicted molar refractivity (Wildman–Crippen MR) is 110 cm³/mol. The Labute approximate surface area is 168 Å². The van der Waals surface area contributed by atoms with Crippen molar-refractivity contribution in [3.8, 4) is 0 Å². The Morgan fingerprint density at radius 2 is 1.89 bits per heavy atom. The molecule has 1 aromatic carbocycles. The van der Waals surface area contributed by atoms with E-state index in [4.69, 9.17) is 0 Å². The Hall–Kier alpha value is -2.32. The number of hydrogen-bond donors (Lipinski definition) is 1. The van der Waals surface area contributed by atoms with E-state index in [1.54, 1.807) is 12.1 Å². The highest BCUT2D eigenvalue weighted by atomic mass is 32.1. The molecule has 150 valence electrons. The van der Waals surface area contributed by atoms with Crippen LogP contribution in [0.25, 0.3) is 0 Å². The van der Waals surface area contributed by atoms with Crippen molar-refractivity contribution in [2.75, 3.05) is 36.4 Å². The van der Waals surface area contributed by atoms with Crippen molar-refractivity contribution in [2.45, 2.75) is 33.7 Å². The molecule has 0 bridgehead atoms. The van der Waals surface area contributed by atoms with Crippen molar-refractivity contribution >= 4 is 33.8 Å². The lowest BCUT2D eigenvalue weighted by Crippen LogP contribution is -2.53. The van der Waals surface area contributed by atoms with Gasteiger partial charge in [-0.05, 0) is 45.9 Å². The molecule has 0 aliphatic carbocycles. The first-order valence-electron chi connectivity index (χ1n) is 9.30. The maximum Gasteiger partial charge on any atom is 0.243 e. The normalized spacial score (nSPS) is 16.1. The Morgan fingerprint density at radius 3 is 2.43 bits per heavy atom. The zero-order valence-electron chi connectivity index (χ0n) is 16.6. The number of halogens is 1. The van der Waals surface area contributed by atoms with Crippen LogP contribution in [0.3, 0.4) is 0 Å². The molecule has 1 saturated heterocycles. The number of nitrogens with one attached hydrogen (secondary N) is 1. The summed E-state index contributed by atoms with van der Waals surface area (Å²) in [6.07, 6.45) is 0. The third-order valence-electron chi connectivity index (χ3n) is 5.19. The number of aromatic nitrogens is 1. The minimum atomic E-state index is -0.388. The van der Waals surface area contributed by atoms with E-state index < -0.39 is 0 Å². The molecule has 0 saturated carbocycles. The summed E-state index contributed by atoms with van der Waals surface area (Å²) in [5.74, 6) is -0.624. The van der Waals surface area contributed by atoms with Crippen molar-refractivity contribution in [2.24, 2.45) is 0 Å². The van der Waals surface area contributed by atoms with Gasteiger partial charge in [0, 0.05) is 36.6 Å². The Morgan fingerprint density at radius 1 is 1.21 bits per heavy atom. The van der Waals surface area contributed by atoms with Crippen LogP contribution in [0.5, 0.6) is 0 Å². The number of carbonyl (C=O) groups is 2. The molecule has 2 heterocycles. The van der Waals surface area contributed by atoms with Gasteiger partial charge in [-0.2, -0.15) is 0 Å². The highest BCUT2D eigenvalue weighted by molar-refractivity contribution is 7.15. The van der Waals surface area contributed by atoms with Gasteiger partial charge in [0.15, 0.2) is 10.9 Å². The van der Waals surface area contributed by atoms with E-state index in [9.17, 15) is 14.0 Å². The van der Waals surface area contributed by atoms with Gasteiger partial charge in [-0.15, -0.1) is 11.3 Å². The molecule has 8 heteroatoms. The number of rotatable bonds is 5. The first-order chi connectivity index (χ1) is 13.3. The molecular weight excluding hydrogens is 379 g/mol. The van der Waals surface area contributed by atoms with Crippen LogP contribution in [0.2, 0.25) is 0 Å². The molecule has 1 amide bonds. The van der Waals surface area contributed by atoms with Gasteiger partial charge in [-0.25, -0.2) is 9.37 Å². The average molecular weight is 405 g/mol. The molecule has 0 radical (unpaired) electrons. The maximum absolute atomic E-state index is 14.4. The van der Waals surface area contributed by atoms with E-state index >= 15 is 0 Å². The van der Waals surface area contributed by atoms with Gasteiger partial charge < -0.3 is 10.2 Å². The van der Waals surface area contributed by atoms with Crippen LogP contribution in [0, 0.1) is 19.7 Å². The van der Waals surface area contributed by atoms with E-state index in [2.05, 4.69) is 15.2 Å². The number of amides is 1. The summed E-state index contributed by atoms with van der Waals surface area (Å²) in [6, 6.07) is 4.31. The van der Waals surface area contributed by atoms with Gasteiger partial charge in [-0.3, -0.25) is 14.5 Å². The first kappa shape index (κ1) is 20.4. The van der Waals surface area contributed by atoms with E-state index in [0.29, 0.717) is 42.6 Å². The number of piperazine rings is 1. The van der Waals surface area contributed by atoms with Crippen LogP contribution in [0.15, 0.2) is 18.2 Å². The third-order valence-corrected chi connectivity index (χ3v) is 6.18. The summed E-state index contributed by atoms with van der Waals surface area (Å²) in [6.45, 7) is 9.73. The molecular formula is C20H25FN4O2S. The van der Waals surface area contributed by atoms with Crippen LogP contribution in [0.1, 0.15) is 34.8 Å². The second-order valence-corrected chi connectivity index (χ2v) is 8.27. The smallest absolute Gasteiger partial charge is 0.243 e. The number of nitrogens with zero attached hydrogens (tertiary/aromatic N) is 3. The van der Waals surface area contributed by atoms with E-state index in [1.807, 2.05) is 25.7 Å². The molecule has 1 unspecified atom stereocenters. The fourth-order valence-electron chi connectivity index (χ4n) is 3.23. The topological polar surface area (TPSA) is 65.5 Å². The number of anilines is 2. The van der Waals surface area contributed by atoms with Crippen molar-refractivity contribution in [1.82, 2.24) is 9.88 Å². The number of carbonyl (C=O) groups excluding carboxylic acids is 2. The number of hydrogen-bond acceptors (Lipinski definition) is 6. The van der Waals surface area contributed by atoms with Gasteiger partial charge in [0.2, 0.25) is 5.91 Å². The second-order valence-electron chi connectivity index (χ2n) is 7.07. The molecule has 1 atom stereocenters. The highest BCUT2D eigenvalue weighted by Gasteiger charge is 2.27. The summed E-state index contributed by atoms with van der Waals surface area (Å²) >= 11 is 1.47. The molecule has 3 rings (SSSR count). The minimum absolute atomic E-state index is 0.0841. The van der Waals surface area contributed by atoms with Gasteiger partial charge in [0.05, 0.1) is 17.4 Å². The van der Waals surface area contributed by atoms with Crippen molar-refractivity contribution in [1.29, 1.82) is 0 Å². The Bertz CT molecular complexity index is 871. The highest BCUT2D eigenvalue weighted by Crippen LogP contribution is 2.24. The van der Waals surface area contributed by atoms with Gasteiger partial charge in [-0.1, -0.05) is 0 Å². The quantitative estimate of drug-likeness (QED) is 0.775. The third kappa shape index (κ3) is 4.39. The number of Topliss-reactive ketones (excluding diaryl/α,β-unsaturated/α-hetero) is 1. The largest absolute Gasteiger partial charge is 0.367 e. The van der Waals surface area contributed by atoms with Crippen LogP contribution < -0.4 is 10.2 Å². The lowest BCUT2D eigenvalue weighted by molar-refractivity contribution is -0.120. The molecule has 1 N–H and O–H groups in total. The van der Waals surface area contributed by atoms with Crippen molar-refractivity contribution < 1.29 is 14.0 Å². The monoisotopic (exact) mass is 404 g/mol. The molecule has 0 spiro atoms. The second kappa shape index (κ2) is 8.36. The van der Waals surface area contributed by atoms with Gasteiger partial charge in [0.1, 0.15) is 5.82 Å². The summed E-state index contributed by atoms with van der Waals surface area (Å²) in [5.41, 5.74) is 1.80. The maximum atomic E-state index is 14.4. The lowest BCUT2D eigenvalue weighted by atomic mass is 10.1. The first-order valence-corrected chi connectivity index (χ1v) is 10.1. The molecule has 1 fully saturated rings. The van der Waals surface area contributed by atoms with Crippen molar-refractivity contribution in [3.05, 3.63) is 40.2 Å². The van der Waals surface area contributed by atoms with E-state index in [0.717, 1.165) is 10.6 Å². The van der Waals surface area contributed by atoms with Gasteiger partial charge >= 0.3 is 0 Å². The molecule has 2 aromatic rings. The number of ketones is 1. The standard InChI is InChI=1S/C20H25FN4O2S/c1-12-15(4)28-20(22-12)23-19(27)13(2)24-7-9-25(10-8-24)18-6-5-16(14(3)26)11-17(18)21/h5-6,11,13H,7-10H2,1-4H3,(H,22,23,27). The predicted octanol–water partition coefficient (Wildman–Crippen LogP) is 3.25. The van der Waals surface area contributed by atoms with Crippen molar-refractivity contribution in [3.63, 3.8) is 0 Å². The molecule has 1 aromatic heterocycles. The fraction of sp³-hybridized carbons (Fsp3) is 0.450. The SMILES string of the molecule is CC(=O)c1ccc(N2CCN(C(C)C(=O)Nc3nc(C)c(C)s3)CC2)c(F)c1. The zero-order chi connectivity index (χ0) is 20.4. The Balaban J connectivity index is 1.58. The fourth-order valence-corrected chi connectivity index (χ4v) is 4.05. The summed E-state index contributed by atoms with van der Waals surface area (Å²) in [7, 11) is 0. The number of aryl methyl sites for hydroxylation is 2. The molecule has 1 aliphatic rings. The Kier molecular flexibility index (Phi) is 6.10. The van der Waals surface area contributed by atoms with Crippen LogP contribution in [-0.4, -0.2) is 53.8 Å². The van der Waals surface area contributed by atoms with Crippen LogP contribution >= 0.6 is 11.3 Å². The van der Waals surface area contributed by atoms with Gasteiger partial charge in [0.25, 0.3) is 0 Å². The molecule has 6 nitrogen and oxygen atoms in total. The number of benzene rings is 1. The van der Waals surface area contributed by atoms with E-state index in [-0.39, 0.29) is 23.5 Å².